The minimum absolute atomic E-state index is 0.00611. The van der Waals surface area contributed by atoms with E-state index in [0.717, 1.165) is 0 Å². The van der Waals surface area contributed by atoms with Gasteiger partial charge in [0.2, 0.25) is 0 Å². The van der Waals surface area contributed by atoms with Crippen LogP contribution in [0.2, 0.25) is 0 Å². The van der Waals surface area contributed by atoms with Crippen molar-refractivity contribution in [3.05, 3.63) is 53.4 Å². The first-order chi connectivity index (χ1) is 11.2. The summed E-state index contributed by atoms with van der Waals surface area (Å²) in [5.41, 5.74) is 0.265. The van der Waals surface area contributed by atoms with Gasteiger partial charge in [-0.15, -0.1) is 11.3 Å². The zero-order valence-corrected chi connectivity index (χ0v) is 15.6. The molecule has 0 saturated carbocycles. The summed E-state index contributed by atoms with van der Waals surface area (Å²) in [7, 11) is -3.57. The molecule has 2 amide bonds. The monoisotopic (exact) mass is 366 g/mol. The van der Waals surface area contributed by atoms with Crippen molar-refractivity contribution >= 4 is 27.2 Å². The predicted octanol–water partition coefficient (Wildman–Crippen LogP) is 3.36. The van der Waals surface area contributed by atoms with Crippen molar-refractivity contribution in [2.24, 2.45) is 0 Å². The van der Waals surface area contributed by atoms with Crippen LogP contribution in [0.1, 0.15) is 31.6 Å². The zero-order valence-electron chi connectivity index (χ0n) is 13.9. The van der Waals surface area contributed by atoms with E-state index in [0.29, 0.717) is 9.77 Å². The fourth-order valence-corrected chi connectivity index (χ4v) is 5.08. The molecule has 0 aliphatic rings. The van der Waals surface area contributed by atoms with Crippen molar-refractivity contribution < 1.29 is 13.2 Å². The fourth-order valence-electron chi connectivity index (χ4n) is 2.21. The summed E-state index contributed by atoms with van der Waals surface area (Å²) in [6.07, 6.45) is 0. The molecule has 0 aliphatic heterocycles. The lowest BCUT2D eigenvalue weighted by Gasteiger charge is -2.23. The Bertz CT molecular complexity index is 764. The van der Waals surface area contributed by atoms with E-state index in [4.69, 9.17) is 0 Å². The highest BCUT2D eigenvalue weighted by Crippen LogP contribution is 2.31. The molecule has 0 fully saturated rings. The highest BCUT2D eigenvalue weighted by Gasteiger charge is 2.30. The van der Waals surface area contributed by atoms with Gasteiger partial charge in [-0.25, -0.2) is 13.2 Å². The summed E-state index contributed by atoms with van der Waals surface area (Å²) < 4.78 is 26.2. The molecular weight excluding hydrogens is 344 g/mol. The van der Waals surface area contributed by atoms with Crippen molar-refractivity contribution in [3.8, 4) is 0 Å². The normalized spacial score (nSPS) is 13.3. The Morgan fingerprint density at radius 1 is 1.12 bits per heavy atom. The van der Waals surface area contributed by atoms with Crippen LogP contribution in [0.15, 0.2) is 52.1 Å². The molecule has 1 aromatic carbocycles. The maximum Gasteiger partial charge on any atom is 0.315 e. The molecule has 1 atom stereocenters. The summed E-state index contributed by atoms with van der Waals surface area (Å²) >= 11 is 1.18. The first-order valence-electron chi connectivity index (χ1n) is 7.58. The Hall–Kier alpha value is -1.86. The number of carbonyl (C=O) groups excluding carboxylic acids is 1. The molecule has 5 nitrogen and oxygen atoms in total. The molecule has 130 valence electrons. The Labute approximate surface area is 147 Å². The zero-order chi connectivity index (χ0) is 17.8. The molecule has 0 radical (unpaired) electrons. The molecular formula is C17H22N2O3S2. The molecule has 1 heterocycles. The smallest absolute Gasteiger partial charge is 0.315 e. The summed E-state index contributed by atoms with van der Waals surface area (Å²) in [5.74, 6) is 0. The fraction of sp³-hybridized carbons (Fsp3) is 0.353. The first-order valence-corrected chi connectivity index (χ1v) is 10.0. The van der Waals surface area contributed by atoms with Crippen LogP contribution in [0, 0.1) is 0 Å². The molecule has 1 unspecified atom stereocenters. The van der Waals surface area contributed by atoms with E-state index in [1.54, 1.807) is 41.8 Å². The van der Waals surface area contributed by atoms with Crippen molar-refractivity contribution in [2.75, 3.05) is 6.54 Å². The third kappa shape index (κ3) is 4.82. The number of thiophene rings is 1. The van der Waals surface area contributed by atoms with Gasteiger partial charge in [0.05, 0.1) is 0 Å². The number of amides is 2. The maximum atomic E-state index is 12.9. The first kappa shape index (κ1) is 18.5. The average molecular weight is 367 g/mol. The molecule has 24 heavy (non-hydrogen) atoms. The van der Waals surface area contributed by atoms with Crippen LogP contribution in [0.5, 0.6) is 0 Å². The number of sulfone groups is 1. The average Bonchev–Trinajstić information content (AvgIpc) is 3.01. The van der Waals surface area contributed by atoms with E-state index < -0.39 is 15.1 Å². The van der Waals surface area contributed by atoms with Crippen LogP contribution in [0.3, 0.4) is 0 Å². The summed E-state index contributed by atoms with van der Waals surface area (Å²) in [5, 5.41) is 6.35. The molecule has 0 aliphatic carbocycles. The van der Waals surface area contributed by atoms with Crippen LogP contribution >= 0.6 is 11.3 Å². The predicted molar refractivity (Wildman–Crippen MR) is 97.0 cm³/mol. The second-order valence-corrected chi connectivity index (χ2v) is 9.77. The van der Waals surface area contributed by atoms with Crippen molar-refractivity contribution in [1.82, 2.24) is 10.6 Å². The minimum Gasteiger partial charge on any atom is -0.336 e. The quantitative estimate of drug-likeness (QED) is 0.852. The summed E-state index contributed by atoms with van der Waals surface area (Å²) in [6.45, 7) is 5.60. The lowest BCUT2D eigenvalue weighted by Crippen LogP contribution is -2.47. The lowest BCUT2D eigenvalue weighted by atomic mass is 10.1. The van der Waals surface area contributed by atoms with Crippen molar-refractivity contribution in [3.63, 3.8) is 0 Å². The van der Waals surface area contributed by atoms with Gasteiger partial charge in [0.1, 0.15) is 9.46 Å². The third-order valence-electron chi connectivity index (χ3n) is 3.26. The molecule has 0 bridgehead atoms. The minimum atomic E-state index is -3.57. The van der Waals surface area contributed by atoms with Crippen molar-refractivity contribution in [2.45, 2.75) is 35.8 Å². The van der Waals surface area contributed by atoms with Crippen LogP contribution in [0.4, 0.5) is 4.79 Å². The van der Waals surface area contributed by atoms with Gasteiger partial charge in [0, 0.05) is 12.1 Å². The summed E-state index contributed by atoms with van der Waals surface area (Å²) in [6, 6.07) is 11.9. The molecule has 1 aromatic heterocycles. The standard InChI is InChI=1S/C17H22N2O3S2/c1-17(2,3)19-16(20)18-12-14(13-8-5-4-6-9-13)24(21,22)15-10-7-11-23-15/h4-11,14H,12H2,1-3H3,(H2,18,19,20). The molecule has 2 N–H and O–H groups in total. The van der Waals surface area contributed by atoms with E-state index >= 15 is 0 Å². The third-order valence-corrected chi connectivity index (χ3v) is 6.79. The van der Waals surface area contributed by atoms with Gasteiger partial charge < -0.3 is 10.6 Å². The van der Waals surface area contributed by atoms with Crippen LogP contribution in [0.25, 0.3) is 0 Å². The molecule has 7 heteroatoms. The van der Waals surface area contributed by atoms with Crippen molar-refractivity contribution in [1.29, 1.82) is 0 Å². The number of benzene rings is 1. The van der Waals surface area contributed by atoms with E-state index in [2.05, 4.69) is 10.6 Å². The van der Waals surface area contributed by atoms with E-state index in [-0.39, 0.29) is 18.1 Å². The van der Waals surface area contributed by atoms with Gasteiger partial charge in [-0.2, -0.15) is 0 Å². The second-order valence-electron chi connectivity index (χ2n) is 6.46. The maximum absolute atomic E-state index is 12.9. The van der Waals surface area contributed by atoms with E-state index in [1.165, 1.54) is 11.3 Å². The second kappa shape index (κ2) is 7.36. The Kier molecular flexibility index (Phi) is 5.66. The number of nitrogens with one attached hydrogen (secondary N) is 2. The Morgan fingerprint density at radius 2 is 1.79 bits per heavy atom. The SMILES string of the molecule is CC(C)(C)NC(=O)NCC(c1ccccc1)S(=O)(=O)c1cccs1. The molecule has 0 spiro atoms. The number of hydrogen-bond acceptors (Lipinski definition) is 4. The van der Waals surface area contributed by atoms with Crippen LogP contribution in [-0.4, -0.2) is 26.5 Å². The van der Waals surface area contributed by atoms with Crippen LogP contribution < -0.4 is 10.6 Å². The Balaban J connectivity index is 2.24. The van der Waals surface area contributed by atoms with Gasteiger partial charge in [-0.3, -0.25) is 0 Å². The molecule has 2 rings (SSSR count). The van der Waals surface area contributed by atoms with Crippen LogP contribution in [-0.2, 0) is 9.84 Å². The number of rotatable bonds is 5. The number of urea groups is 1. The van der Waals surface area contributed by atoms with Gasteiger partial charge in [0.15, 0.2) is 9.84 Å². The van der Waals surface area contributed by atoms with Gasteiger partial charge in [0.25, 0.3) is 0 Å². The highest BCUT2D eigenvalue weighted by molar-refractivity contribution is 7.93. The van der Waals surface area contributed by atoms with E-state index in [1.807, 2.05) is 26.8 Å². The number of carbonyl (C=O) groups is 1. The van der Waals surface area contributed by atoms with E-state index in [9.17, 15) is 13.2 Å². The van der Waals surface area contributed by atoms with Gasteiger partial charge in [-0.05, 0) is 37.8 Å². The largest absolute Gasteiger partial charge is 0.336 e. The summed E-state index contributed by atoms with van der Waals surface area (Å²) in [4.78, 5) is 12.0. The lowest BCUT2D eigenvalue weighted by molar-refractivity contribution is 0.232. The highest BCUT2D eigenvalue weighted by atomic mass is 32.2. The Morgan fingerprint density at radius 3 is 2.33 bits per heavy atom. The number of hydrogen-bond donors (Lipinski definition) is 2. The van der Waals surface area contributed by atoms with Gasteiger partial charge >= 0.3 is 6.03 Å². The van der Waals surface area contributed by atoms with Gasteiger partial charge in [-0.1, -0.05) is 36.4 Å². The molecule has 0 saturated heterocycles. The topological polar surface area (TPSA) is 75.3 Å². The molecule has 2 aromatic rings.